The van der Waals surface area contributed by atoms with Gasteiger partial charge in [-0.25, -0.2) is 4.98 Å². The van der Waals surface area contributed by atoms with Crippen molar-refractivity contribution in [1.82, 2.24) is 4.98 Å². The fourth-order valence-corrected chi connectivity index (χ4v) is 1.83. The summed E-state index contributed by atoms with van der Waals surface area (Å²) in [4.78, 5) is 4.26. The molecule has 1 aromatic heterocycles. The molecule has 0 bridgehead atoms. The largest absolute Gasteiger partial charge is 0.494 e. The molecular weight excluding hydrogens is 277 g/mol. The molecule has 0 unspecified atom stereocenters. The number of nitrogens with zero attached hydrogens (tertiary/aromatic N) is 1. The number of fused-ring (bicyclic) bond motifs is 1. The van der Waals surface area contributed by atoms with Gasteiger partial charge in [0, 0.05) is 11.5 Å². The van der Waals surface area contributed by atoms with Gasteiger partial charge in [0.1, 0.15) is 10.9 Å². The van der Waals surface area contributed by atoms with Crippen molar-refractivity contribution in [3.05, 3.63) is 33.9 Å². The van der Waals surface area contributed by atoms with Crippen LogP contribution in [0.1, 0.15) is 6.92 Å². The number of hydrogen-bond donors (Lipinski definition) is 0. The van der Waals surface area contributed by atoms with Crippen molar-refractivity contribution in [2.24, 2.45) is 0 Å². The summed E-state index contributed by atoms with van der Waals surface area (Å²) < 4.78 is 6.20. The summed E-state index contributed by atoms with van der Waals surface area (Å²) in [5.41, 5.74) is 0.842. The number of hydrogen-bond acceptors (Lipinski definition) is 2. The fraction of sp³-hybridized carbons (Fsp3) is 0.182. The van der Waals surface area contributed by atoms with Gasteiger partial charge in [-0.05, 0) is 41.1 Å². The first-order valence-corrected chi connectivity index (χ1v) is 5.76. The lowest BCUT2D eigenvalue weighted by Crippen LogP contribution is -1.91. The first-order chi connectivity index (χ1) is 7.20. The lowest BCUT2D eigenvalue weighted by Gasteiger charge is -2.05. The topological polar surface area (TPSA) is 22.1 Å². The smallest absolute Gasteiger partial charge is 0.143 e. The molecule has 15 heavy (non-hydrogen) atoms. The van der Waals surface area contributed by atoms with Crippen molar-refractivity contribution in [2.45, 2.75) is 6.92 Å². The summed E-state index contributed by atoms with van der Waals surface area (Å²) >= 11 is 9.26. The molecule has 0 atom stereocenters. The Balaban J connectivity index is 2.56. The number of aromatic nitrogens is 1. The SMILES string of the molecule is CCOc1ccc2cc(Br)c(Cl)nc2c1. The third-order valence-corrected chi connectivity index (χ3v) is 3.13. The van der Waals surface area contributed by atoms with Gasteiger partial charge in [-0.15, -0.1) is 0 Å². The second-order valence-electron chi connectivity index (χ2n) is 3.05. The van der Waals surface area contributed by atoms with E-state index in [9.17, 15) is 0 Å². The Hall–Kier alpha value is -0.800. The van der Waals surface area contributed by atoms with Crippen LogP contribution < -0.4 is 4.74 Å². The van der Waals surface area contributed by atoms with Crippen LogP contribution in [-0.4, -0.2) is 11.6 Å². The van der Waals surface area contributed by atoms with Gasteiger partial charge in [-0.3, -0.25) is 0 Å². The predicted molar refractivity (Wildman–Crippen MR) is 65.6 cm³/mol. The third-order valence-electron chi connectivity index (χ3n) is 2.01. The van der Waals surface area contributed by atoms with Gasteiger partial charge in [0.05, 0.1) is 16.6 Å². The van der Waals surface area contributed by atoms with Gasteiger partial charge in [-0.2, -0.15) is 0 Å². The highest BCUT2D eigenvalue weighted by atomic mass is 79.9. The molecule has 0 amide bonds. The first kappa shape index (κ1) is 10.7. The van der Waals surface area contributed by atoms with Crippen molar-refractivity contribution in [3.63, 3.8) is 0 Å². The van der Waals surface area contributed by atoms with Crippen molar-refractivity contribution in [3.8, 4) is 5.75 Å². The van der Waals surface area contributed by atoms with E-state index in [-0.39, 0.29) is 0 Å². The van der Waals surface area contributed by atoms with E-state index in [2.05, 4.69) is 20.9 Å². The van der Waals surface area contributed by atoms with Gasteiger partial charge in [0.15, 0.2) is 0 Å². The van der Waals surface area contributed by atoms with E-state index in [1.54, 1.807) is 0 Å². The second-order valence-corrected chi connectivity index (χ2v) is 4.26. The van der Waals surface area contributed by atoms with Crippen LogP contribution in [0.4, 0.5) is 0 Å². The highest BCUT2D eigenvalue weighted by molar-refractivity contribution is 9.10. The first-order valence-electron chi connectivity index (χ1n) is 4.59. The summed E-state index contributed by atoms with van der Waals surface area (Å²) in [6, 6.07) is 7.72. The number of halogens is 2. The Labute approximate surface area is 101 Å². The Bertz CT molecular complexity index is 501. The Morgan fingerprint density at radius 2 is 2.20 bits per heavy atom. The van der Waals surface area contributed by atoms with Crippen LogP contribution in [0.15, 0.2) is 28.7 Å². The third kappa shape index (κ3) is 2.24. The normalized spacial score (nSPS) is 10.6. The van der Waals surface area contributed by atoms with Gasteiger partial charge in [-0.1, -0.05) is 11.6 Å². The number of ether oxygens (including phenoxy) is 1. The molecule has 2 aromatic rings. The van der Waals surface area contributed by atoms with Crippen molar-refractivity contribution in [2.75, 3.05) is 6.61 Å². The summed E-state index contributed by atoms with van der Waals surface area (Å²) in [5.74, 6) is 0.816. The maximum absolute atomic E-state index is 5.92. The van der Waals surface area contributed by atoms with Gasteiger partial charge < -0.3 is 4.74 Å². The fourth-order valence-electron chi connectivity index (χ4n) is 1.35. The average Bonchev–Trinajstić information content (AvgIpc) is 2.21. The molecule has 0 saturated carbocycles. The second kappa shape index (κ2) is 4.37. The van der Waals surface area contributed by atoms with Crippen molar-refractivity contribution >= 4 is 38.4 Å². The van der Waals surface area contributed by atoms with Crippen molar-refractivity contribution in [1.29, 1.82) is 0 Å². The molecule has 4 heteroatoms. The van der Waals surface area contributed by atoms with Crippen LogP contribution in [0.5, 0.6) is 5.75 Å². The maximum Gasteiger partial charge on any atom is 0.143 e. The standard InChI is InChI=1S/C11H9BrClNO/c1-2-15-8-4-3-7-5-9(12)11(13)14-10(7)6-8/h3-6H,2H2,1H3. The van der Waals surface area contributed by atoms with Crippen LogP contribution in [-0.2, 0) is 0 Å². The van der Waals surface area contributed by atoms with Gasteiger partial charge >= 0.3 is 0 Å². The molecule has 2 nitrogen and oxygen atoms in total. The molecule has 0 aliphatic carbocycles. The lowest BCUT2D eigenvalue weighted by atomic mass is 10.2. The highest BCUT2D eigenvalue weighted by Gasteiger charge is 2.03. The number of pyridine rings is 1. The van der Waals surface area contributed by atoms with Gasteiger partial charge in [0.25, 0.3) is 0 Å². The minimum atomic E-state index is 0.469. The van der Waals surface area contributed by atoms with E-state index in [1.165, 1.54) is 0 Å². The summed E-state index contributed by atoms with van der Waals surface area (Å²) in [7, 11) is 0. The quantitative estimate of drug-likeness (QED) is 0.777. The van der Waals surface area contributed by atoms with Crippen LogP contribution in [0.2, 0.25) is 5.15 Å². The summed E-state index contributed by atoms with van der Waals surface area (Å²) in [6.07, 6.45) is 0. The molecule has 0 fully saturated rings. The molecule has 0 spiro atoms. The van der Waals surface area contributed by atoms with Crippen LogP contribution in [0.3, 0.4) is 0 Å². The average molecular weight is 287 g/mol. The molecular formula is C11H9BrClNO. The number of rotatable bonds is 2. The zero-order chi connectivity index (χ0) is 10.8. The van der Waals surface area contributed by atoms with E-state index in [0.29, 0.717) is 11.8 Å². The molecule has 2 rings (SSSR count). The van der Waals surface area contributed by atoms with Crippen LogP contribution in [0, 0.1) is 0 Å². The molecule has 78 valence electrons. The maximum atomic E-state index is 5.92. The summed E-state index contributed by atoms with van der Waals surface area (Å²) in [6.45, 7) is 2.60. The Kier molecular flexibility index (Phi) is 3.12. The number of benzene rings is 1. The minimum absolute atomic E-state index is 0.469. The lowest BCUT2D eigenvalue weighted by molar-refractivity contribution is 0.340. The van der Waals surface area contributed by atoms with Gasteiger partial charge in [0.2, 0.25) is 0 Å². The Morgan fingerprint density at radius 1 is 1.40 bits per heavy atom. The monoisotopic (exact) mass is 285 g/mol. The summed E-state index contributed by atoms with van der Waals surface area (Å²) in [5, 5.41) is 1.51. The Morgan fingerprint density at radius 3 is 2.93 bits per heavy atom. The molecule has 0 radical (unpaired) electrons. The molecule has 0 saturated heterocycles. The van der Waals surface area contributed by atoms with E-state index in [1.807, 2.05) is 31.2 Å². The van der Waals surface area contributed by atoms with Crippen LogP contribution in [0.25, 0.3) is 10.9 Å². The zero-order valence-corrected chi connectivity index (χ0v) is 10.5. The molecule has 1 heterocycles. The van der Waals surface area contributed by atoms with Crippen molar-refractivity contribution < 1.29 is 4.74 Å². The van der Waals surface area contributed by atoms with E-state index >= 15 is 0 Å². The molecule has 0 aliphatic rings. The molecule has 1 aromatic carbocycles. The van der Waals surface area contributed by atoms with E-state index in [0.717, 1.165) is 21.1 Å². The van der Waals surface area contributed by atoms with E-state index in [4.69, 9.17) is 16.3 Å². The highest BCUT2D eigenvalue weighted by Crippen LogP contribution is 2.27. The predicted octanol–water partition coefficient (Wildman–Crippen LogP) is 4.05. The minimum Gasteiger partial charge on any atom is -0.494 e. The van der Waals surface area contributed by atoms with E-state index < -0.39 is 0 Å². The molecule has 0 aliphatic heterocycles. The van der Waals surface area contributed by atoms with Crippen LogP contribution >= 0.6 is 27.5 Å². The molecule has 0 N–H and O–H groups in total. The zero-order valence-electron chi connectivity index (χ0n) is 8.13.